The van der Waals surface area contributed by atoms with E-state index >= 15 is 0 Å². The van der Waals surface area contributed by atoms with E-state index in [1.807, 2.05) is 30.3 Å². The molecule has 2 amide bonds. The van der Waals surface area contributed by atoms with E-state index < -0.39 is 6.10 Å². The maximum absolute atomic E-state index is 12.6. The summed E-state index contributed by atoms with van der Waals surface area (Å²) in [6.45, 7) is 4.62. The SMILES string of the molecule is C=CCNC(=O)[C@@H]1CCCN1C(=O)[C@@H]1O[C@H]1c1ccccc1. The molecule has 1 aromatic carbocycles. The molecule has 3 atom stereocenters. The number of rotatable bonds is 5. The molecule has 0 bridgehead atoms. The first kappa shape index (κ1) is 14.8. The van der Waals surface area contributed by atoms with E-state index in [1.54, 1.807) is 11.0 Å². The summed E-state index contributed by atoms with van der Waals surface area (Å²) < 4.78 is 5.55. The van der Waals surface area contributed by atoms with Crippen LogP contribution in [-0.2, 0) is 14.3 Å². The molecule has 2 aliphatic heterocycles. The monoisotopic (exact) mass is 300 g/mol. The first-order valence-corrected chi connectivity index (χ1v) is 7.62. The molecule has 5 nitrogen and oxygen atoms in total. The number of benzene rings is 1. The van der Waals surface area contributed by atoms with Gasteiger partial charge < -0.3 is 15.0 Å². The fourth-order valence-corrected chi connectivity index (χ4v) is 2.95. The van der Waals surface area contributed by atoms with E-state index in [0.717, 1.165) is 12.0 Å². The van der Waals surface area contributed by atoms with Crippen molar-refractivity contribution in [1.29, 1.82) is 0 Å². The summed E-state index contributed by atoms with van der Waals surface area (Å²) in [5.74, 6) is -0.187. The predicted octanol–water partition coefficient (Wildman–Crippen LogP) is 1.42. The Hall–Kier alpha value is -2.14. The normalized spacial score (nSPS) is 26.5. The second kappa shape index (κ2) is 6.32. The Bertz CT molecular complexity index is 573. The molecule has 0 spiro atoms. The Labute approximate surface area is 129 Å². The van der Waals surface area contributed by atoms with Gasteiger partial charge in [-0.15, -0.1) is 6.58 Å². The van der Waals surface area contributed by atoms with E-state index in [9.17, 15) is 9.59 Å². The van der Waals surface area contributed by atoms with Gasteiger partial charge in [-0.05, 0) is 18.4 Å². The Morgan fingerprint density at radius 3 is 2.86 bits per heavy atom. The van der Waals surface area contributed by atoms with Gasteiger partial charge in [0.15, 0.2) is 6.10 Å². The molecular formula is C17H20N2O3. The van der Waals surface area contributed by atoms with Gasteiger partial charge >= 0.3 is 0 Å². The van der Waals surface area contributed by atoms with E-state index in [0.29, 0.717) is 19.5 Å². The lowest BCUT2D eigenvalue weighted by molar-refractivity contribution is -0.139. The fraction of sp³-hybridized carbons (Fsp3) is 0.412. The highest BCUT2D eigenvalue weighted by Gasteiger charge is 2.50. The van der Waals surface area contributed by atoms with Crippen molar-refractivity contribution in [1.82, 2.24) is 10.2 Å². The molecule has 0 aliphatic carbocycles. The molecule has 2 aliphatic rings. The lowest BCUT2D eigenvalue weighted by Gasteiger charge is -2.23. The molecule has 0 radical (unpaired) electrons. The van der Waals surface area contributed by atoms with Crippen LogP contribution >= 0.6 is 0 Å². The molecule has 5 heteroatoms. The first-order valence-electron chi connectivity index (χ1n) is 7.62. The lowest BCUT2D eigenvalue weighted by Crippen LogP contribution is -2.47. The number of nitrogens with zero attached hydrogens (tertiary/aromatic N) is 1. The van der Waals surface area contributed by atoms with Crippen molar-refractivity contribution in [3.05, 3.63) is 48.6 Å². The standard InChI is InChI=1S/C17H20N2O3/c1-2-10-18-16(20)13-9-6-11-19(13)17(21)15-14(22-15)12-7-4-3-5-8-12/h2-5,7-8,13-15H,1,6,9-11H2,(H,18,20)/t13-,14-,15+/m0/s1. The number of carbonyl (C=O) groups is 2. The van der Waals surface area contributed by atoms with Crippen LogP contribution in [0.4, 0.5) is 0 Å². The first-order chi connectivity index (χ1) is 10.7. The van der Waals surface area contributed by atoms with Crippen molar-refractivity contribution in [2.45, 2.75) is 31.1 Å². The number of amides is 2. The molecule has 3 rings (SSSR count). The lowest BCUT2D eigenvalue weighted by atomic mass is 10.1. The minimum absolute atomic E-state index is 0.0786. The van der Waals surface area contributed by atoms with Crippen LogP contribution < -0.4 is 5.32 Å². The van der Waals surface area contributed by atoms with Crippen LogP contribution in [0.3, 0.4) is 0 Å². The minimum Gasteiger partial charge on any atom is -0.354 e. The number of nitrogens with one attached hydrogen (secondary N) is 1. The molecule has 116 valence electrons. The number of epoxide rings is 1. The Morgan fingerprint density at radius 1 is 1.36 bits per heavy atom. The average Bonchev–Trinajstić information content (AvgIpc) is 3.21. The van der Waals surface area contributed by atoms with Crippen LogP contribution in [0.5, 0.6) is 0 Å². The molecule has 1 N–H and O–H groups in total. The van der Waals surface area contributed by atoms with E-state index in [1.165, 1.54) is 0 Å². The largest absolute Gasteiger partial charge is 0.354 e. The summed E-state index contributed by atoms with van der Waals surface area (Å²) >= 11 is 0. The molecule has 2 saturated heterocycles. The van der Waals surface area contributed by atoms with Crippen LogP contribution in [0.1, 0.15) is 24.5 Å². The molecule has 0 aromatic heterocycles. The zero-order valence-corrected chi connectivity index (χ0v) is 12.4. The molecule has 1 aromatic rings. The predicted molar refractivity (Wildman–Crippen MR) is 82.0 cm³/mol. The summed E-state index contributed by atoms with van der Waals surface area (Å²) in [5, 5.41) is 2.77. The average molecular weight is 300 g/mol. The maximum Gasteiger partial charge on any atom is 0.255 e. The second-order valence-electron chi connectivity index (χ2n) is 5.61. The summed E-state index contributed by atoms with van der Waals surface area (Å²) in [6.07, 6.45) is 2.56. The van der Waals surface area contributed by atoms with Crippen molar-refractivity contribution in [3.63, 3.8) is 0 Å². The van der Waals surface area contributed by atoms with Gasteiger partial charge in [0.05, 0.1) is 0 Å². The van der Waals surface area contributed by atoms with Crippen LogP contribution in [-0.4, -0.2) is 41.9 Å². The molecule has 2 fully saturated rings. The van der Waals surface area contributed by atoms with Crippen LogP contribution in [0, 0.1) is 0 Å². The summed E-state index contributed by atoms with van der Waals surface area (Å²) in [4.78, 5) is 26.4. The highest BCUT2D eigenvalue weighted by atomic mass is 16.6. The minimum atomic E-state index is -0.449. The highest BCUT2D eigenvalue weighted by molar-refractivity contribution is 5.91. The van der Waals surface area contributed by atoms with Crippen molar-refractivity contribution >= 4 is 11.8 Å². The zero-order chi connectivity index (χ0) is 15.5. The van der Waals surface area contributed by atoms with Crippen LogP contribution in [0.15, 0.2) is 43.0 Å². The quantitative estimate of drug-likeness (QED) is 0.661. The van der Waals surface area contributed by atoms with E-state index in [2.05, 4.69) is 11.9 Å². The van der Waals surface area contributed by atoms with E-state index in [-0.39, 0.29) is 24.0 Å². The molecule has 0 unspecified atom stereocenters. The highest BCUT2D eigenvalue weighted by Crippen LogP contribution is 2.40. The molecule has 2 heterocycles. The van der Waals surface area contributed by atoms with Crippen molar-refractivity contribution in [2.75, 3.05) is 13.1 Å². The topological polar surface area (TPSA) is 61.9 Å². The van der Waals surface area contributed by atoms with Crippen molar-refractivity contribution in [2.24, 2.45) is 0 Å². The number of likely N-dealkylation sites (tertiary alicyclic amines) is 1. The summed E-state index contributed by atoms with van der Waals surface area (Å²) in [7, 11) is 0. The van der Waals surface area contributed by atoms with Crippen molar-refractivity contribution in [3.8, 4) is 0 Å². The van der Waals surface area contributed by atoms with Gasteiger partial charge in [-0.1, -0.05) is 36.4 Å². The van der Waals surface area contributed by atoms with Gasteiger partial charge in [-0.3, -0.25) is 9.59 Å². The third-order valence-electron chi connectivity index (χ3n) is 4.12. The van der Waals surface area contributed by atoms with Gasteiger partial charge in [0.25, 0.3) is 5.91 Å². The van der Waals surface area contributed by atoms with Gasteiger partial charge in [0.1, 0.15) is 12.1 Å². The smallest absolute Gasteiger partial charge is 0.255 e. The fourth-order valence-electron chi connectivity index (χ4n) is 2.95. The Morgan fingerprint density at radius 2 is 2.14 bits per heavy atom. The third-order valence-corrected chi connectivity index (χ3v) is 4.12. The summed E-state index contributed by atoms with van der Waals surface area (Å²) in [6, 6.07) is 9.32. The molecular weight excluding hydrogens is 280 g/mol. The van der Waals surface area contributed by atoms with Crippen LogP contribution in [0.25, 0.3) is 0 Å². The number of ether oxygens (including phenoxy) is 1. The van der Waals surface area contributed by atoms with Gasteiger partial charge in [-0.25, -0.2) is 0 Å². The summed E-state index contributed by atoms with van der Waals surface area (Å²) in [5.41, 5.74) is 1.01. The number of hydrogen-bond acceptors (Lipinski definition) is 3. The third kappa shape index (κ3) is 2.90. The van der Waals surface area contributed by atoms with Gasteiger partial charge in [0.2, 0.25) is 5.91 Å². The Balaban J connectivity index is 1.63. The molecule has 22 heavy (non-hydrogen) atoms. The number of carbonyl (C=O) groups excluding carboxylic acids is 2. The number of hydrogen-bond donors (Lipinski definition) is 1. The zero-order valence-electron chi connectivity index (χ0n) is 12.4. The maximum atomic E-state index is 12.6. The molecule has 0 saturated carbocycles. The van der Waals surface area contributed by atoms with Crippen molar-refractivity contribution < 1.29 is 14.3 Å². The Kier molecular flexibility index (Phi) is 4.24. The van der Waals surface area contributed by atoms with Gasteiger partial charge in [0, 0.05) is 13.1 Å². The van der Waals surface area contributed by atoms with Gasteiger partial charge in [-0.2, -0.15) is 0 Å². The second-order valence-corrected chi connectivity index (χ2v) is 5.61. The van der Waals surface area contributed by atoms with Crippen LogP contribution in [0.2, 0.25) is 0 Å². The van der Waals surface area contributed by atoms with E-state index in [4.69, 9.17) is 4.74 Å².